The molecule has 1 heterocycles. The highest BCUT2D eigenvalue weighted by Gasteiger charge is 2.26. The molecule has 126 valence electrons. The summed E-state index contributed by atoms with van der Waals surface area (Å²) in [5.74, 6) is -0.0852. The van der Waals surface area contributed by atoms with Crippen molar-refractivity contribution in [3.8, 4) is 0 Å². The number of hydrogen-bond acceptors (Lipinski definition) is 4. The number of methoxy groups -OCH3 is 1. The second-order valence-corrected chi connectivity index (χ2v) is 6.96. The van der Waals surface area contributed by atoms with E-state index in [-0.39, 0.29) is 5.91 Å². The average molecular weight is 404 g/mol. The summed E-state index contributed by atoms with van der Waals surface area (Å²) in [6, 6.07) is 3.41. The molecule has 1 aliphatic heterocycles. The van der Waals surface area contributed by atoms with E-state index < -0.39 is 5.97 Å². The third-order valence-electron chi connectivity index (χ3n) is 3.91. The van der Waals surface area contributed by atoms with Crippen molar-refractivity contribution in [2.45, 2.75) is 19.8 Å². The lowest BCUT2D eigenvalue weighted by Crippen LogP contribution is -2.41. The number of ether oxygens (including phenoxy) is 1. The van der Waals surface area contributed by atoms with Crippen LogP contribution in [0.5, 0.6) is 0 Å². The SMILES string of the molecule is COC(=O)c1cc(Cl)cc(Br)c1N1CCCC(CNC(C)=O)C1. The fourth-order valence-electron chi connectivity index (χ4n) is 2.88. The molecule has 1 aliphatic rings. The van der Waals surface area contributed by atoms with Gasteiger partial charge in [0.1, 0.15) is 0 Å². The first-order valence-corrected chi connectivity index (χ1v) is 8.66. The van der Waals surface area contributed by atoms with E-state index in [0.717, 1.165) is 36.1 Å². The summed E-state index contributed by atoms with van der Waals surface area (Å²) in [5, 5.41) is 3.35. The Bertz CT molecular complexity index is 609. The molecule has 1 fully saturated rings. The van der Waals surface area contributed by atoms with Crippen molar-refractivity contribution in [1.82, 2.24) is 5.32 Å². The molecule has 23 heavy (non-hydrogen) atoms. The maximum absolute atomic E-state index is 12.1. The van der Waals surface area contributed by atoms with Gasteiger partial charge in [-0.15, -0.1) is 0 Å². The van der Waals surface area contributed by atoms with E-state index in [4.69, 9.17) is 16.3 Å². The summed E-state index contributed by atoms with van der Waals surface area (Å²) in [6.45, 7) is 3.78. The van der Waals surface area contributed by atoms with E-state index in [0.29, 0.717) is 23.0 Å². The number of esters is 1. The highest BCUT2D eigenvalue weighted by molar-refractivity contribution is 9.10. The summed E-state index contributed by atoms with van der Waals surface area (Å²) in [4.78, 5) is 25.4. The number of carbonyl (C=O) groups is 2. The van der Waals surface area contributed by atoms with Crippen LogP contribution in [-0.2, 0) is 9.53 Å². The zero-order valence-electron chi connectivity index (χ0n) is 13.2. The summed E-state index contributed by atoms with van der Waals surface area (Å²) >= 11 is 9.58. The maximum atomic E-state index is 12.1. The molecular formula is C16H20BrClN2O3. The van der Waals surface area contributed by atoms with Crippen molar-refractivity contribution in [2.24, 2.45) is 5.92 Å². The Hall–Kier alpha value is -1.27. The van der Waals surface area contributed by atoms with Gasteiger partial charge in [0.05, 0.1) is 18.4 Å². The Kier molecular flexibility index (Phi) is 6.30. The number of benzene rings is 1. The zero-order valence-corrected chi connectivity index (χ0v) is 15.5. The molecule has 0 aliphatic carbocycles. The van der Waals surface area contributed by atoms with Gasteiger partial charge in [-0.1, -0.05) is 11.6 Å². The largest absolute Gasteiger partial charge is 0.465 e. The average Bonchev–Trinajstić information content (AvgIpc) is 2.51. The molecular weight excluding hydrogens is 384 g/mol. The van der Waals surface area contributed by atoms with Crippen LogP contribution in [0.3, 0.4) is 0 Å². The second-order valence-electron chi connectivity index (χ2n) is 5.67. The predicted octanol–water partition coefficient (Wildman–Crippen LogP) is 3.24. The number of piperidine rings is 1. The first-order chi connectivity index (χ1) is 10.9. The minimum atomic E-state index is -0.410. The van der Waals surface area contributed by atoms with E-state index in [1.165, 1.54) is 14.0 Å². The first kappa shape index (κ1) is 18.1. The molecule has 1 saturated heterocycles. The van der Waals surface area contributed by atoms with Gasteiger partial charge in [0.25, 0.3) is 0 Å². The monoisotopic (exact) mass is 402 g/mol. The molecule has 0 saturated carbocycles. The van der Waals surface area contributed by atoms with Gasteiger partial charge in [-0.05, 0) is 46.8 Å². The number of nitrogens with zero attached hydrogens (tertiary/aromatic N) is 1. The predicted molar refractivity (Wildman–Crippen MR) is 94.1 cm³/mol. The third kappa shape index (κ3) is 4.61. The number of halogens is 2. The molecule has 1 unspecified atom stereocenters. The number of carbonyl (C=O) groups excluding carboxylic acids is 2. The molecule has 0 aromatic heterocycles. The van der Waals surface area contributed by atoms with Crippen LogP contribution in [0.1, 0.15) is 30.1 Å². The van der Waals surface area contributed by atoms with E-state index >= 15 is 0 Å². The van der Waals surface area contributed by atoms with Crippen molar-refractivity contribution >= 4 is 45.1 Å². The van der Waals surface area contributed by atoms with Gasteiger partial charge in [0.15, 0.2) is 0 Å². The molecule has 1 atom stereocenters. The van der Waals surface area contributed by atoms with Crippen LogP contribution in [0.25, 0.3) is 0 Å². The number of anilines is 1. The van der Waals surface area contributed by atoms with Gasteiger partial charge in [-0.25, -0.2) is 4.79 Å². The van der Waals surface area contributed by atoms with Crippen LogP contribution in [0.15, 0.2) is 16.6 Å². The molecule has 1 N–H and O–H groups in total. The number of nitrogens with one attached hydrogen (secondary N) is 1. The maximum Gasteiger partial charge on any atom is 0.340 e. The van der Waals surface area contributed by atoms with Crippen molar-refractivity contribution in [2.75, 3.05) is 31.6 Å². The van der Waals surface area contributed by atoms with Crippen LogP contribution in [0, 0.1) is 5.92 Å². The molecule has 0 spiro atoms. The molecule has 0 bridgehead atoms. The lowest BCUT2D eigenvalue weighted by molar-refractivity contribution is -0.119. The Labute approximate surface area is 149 Å². The van der Waals surface area contributed by atoms with Gasteiger partial charge in [0, 0.05) is 36.1 Å². The number of rotatable bonds is 4. The van der Waals surface area contributed by atoms with Crippen LogP contribution < -0.4 is 10.2 Å². The van der Waals surface area contributed by atoms with Crippen LogP contribution >= 0.6 is 27.5 Å². The van der Waals surface area contributed by atoms with Gasteiger partial charge >= 0.3 is 5.97 Å². The quantitative estimate of drug-likeness (QED) is 0.784. The third-order valence-corrected chi connectivity index (χ3v) is 4.73. The lowest BCUT2D eigenvalue weighted by Gasteiger charge is -2.36. The highest BCUT2D eigenvalue weighted by atomic mass is 79.9. The standard InChI is InChI=1S/C16H20BrClN2O3/c1-10(21)19-8-11-4-3-5-20(9-11)15-13(16(22)23-2)6-12(18)7-14(15)17/h6-7,11H,3-5,8-9H2,1-2H3,(H,19,21). The minimum Gasteiger partial charge on any atom is -0.465 e. The molecule has 1 aromatic carbocycles. The van der Waals surface area contributed by atoms with E-state index in [1.807, 2.05) is 0 Å². The molecule has 7 heteroatoms. The smallest absolute Gasteiger partial charge is 0.340 e. The van der Waals surface area contributed by atoms with E-state index in [2.05, 4.69) is 26.1 Å². The van der Waals surface area contributed by atoms with E-state index in [1.54, 1.807) is 12.1 Å². The second kappa shape index (κ2) is 8.02. The van der Waals surface area contributed by atoms with Gasteiger partial charge in [-0.3, -0.25) is 4.79 Å². The lowest BCUT2D eigenvalue weighted by atomic mass is 9.96. The molecule has 2 rings (SSSR count). The van der Waals surface area contributed by atoms with Gasteiger partial charge < -0.3 is 15.0 Å². The Morgan fingerprint density at radius 2 is 2.22 bits per heavy atom. The molecule has 5 nitrogen and oxygen atoms in total. The van der Waals surface area contributed by atoms with Crippen molar-refractivity contribution in [3.63, 3.8) is 0 Å². The molecule has 0 radical (unpaired) electrons. The fourth-order valence-corrected chi connectivity index (χ4v) is 3.94. The Balaban J connectivity index is 2.26. The summed E-state index contributed by atoms with van der Waals surface area (Å²) in [6.07, 6.45) is 2.05. The normalized spacial score (nSPS) is 17.7. The first-order valence-electron chi connectivity index (χ1n) is 7.49. The summed E-state index contributed by atoms with van der Waals surface area (Å²) in [5.41, 5.74) is 1.25. The van der Waals surface area contributed by atoms with Crippen LogP contribution in [0.4, 0.5) is 5.69 Å². The van der Waals surface area contributed by atoms with Crippen LogP contribution in [0.2, 0.25) is 5.02 Å². The van der Waals surface area contributed by atoms with Crippen LogP contribution in [-0.4, -0.2) is 38.6 Å². The summed E-state index contributed by atoms with van der Waals surface area (Å²) < 4.78 is 5.65. The molecule has 1 amide bonds. The minimum absolute atomic E-state index is 0.0231. The van der Waals surface area contributed by atoms with Gasteiger partial charge in [-0.2, -0.15) is 0 Å². The van der Waals surface area contributed by atoms with Crippen molar-refractivity contribution < 1.29 is 14.3 Å². The summed E-state index contributed by atoms with van der Waals surface area (Å²) in [7, 11) is 1.36. The highest BCUT2D eigenvalue weighted by Crippen LogP contribution is 2.36. The zero-order chi connectivity index (χ0) is 17.0. The fraction of sp³-hybridized carbons (Fsp3) is 0.500. The van der Waals surface area contributed by atoms with E-state index in [9.17, 15) is 9.59 Å². The van der Waals surface area contributed by atoms with Gasteiger partial charge in [0.2, 0.25) is 5.91 Å². The molecule has 1 aromatic rings. The topological polar surface area (TPSA) is 58.6 Å². The number of hydrogen-bond donors (Lipinski definition) is 1. The van der Waals surface area contributed by atoms with Crippen molar-refractivity contribution in [1.29, 1.82) is 0 Å². The number of amides is 1. The van der Waals surface area contributed by atoms with Crippen molar-refractivity contribution in [3.05, 3.63) is 27.2 Å². The Morgan fingerprint density at radius 1 is 1.48 bits per heavy atom. The Morgan fingerprint density at radius 3 is 2.87 bits per heavy atom.